The molecule has 124 valence electrons. The van der Waals surface area contributed by atoms with Crippen molar-refractivity contribution in [3.05, 3.63) is 11.3 Å². The van der Waals surface area contributed by atoms with E-state index in [-0.39, 0.29) is 17.5 Å². The highest BCUT2D eigenvalue weighted by atomic mass is 32.2. The molecule has 2 aliphatic rings. The number of hydrogen-bond acceptors (Lipinski definition) is 5. The Balaban J connectivity index is 2.15. The van der Waals surface area contributed by atoms with Crippen molar-refractivity contribution in [2.45, 2.75) is 64.0 Å². The van der Waals surface area contributed by atoms with Crippen molar-refractivity contribution in [1.29, 1.82) is 0 Å². The molecule has 2 unspecified atom stereocenters. The third-order valence-corrected chi connectivity index (χ3v) is 5.86. The lowest BCUT2D eigenvalue weighted by Crippen LogP contribution is -2.31. The molecule has 4 nitrogen and oxygen atoms in total. The Morgan fingerprint density at radius 3 is 2.77 bits per heavy atom. The summed E-state index contributed by atoms with van der Waals surface area (Å²) in [6.45, 7) is 4.37. The molecule has 1 saturated heterocycles. The predicted molar refractivity (Wildman–Crippen MR) is 91.5 cm³/mol. The number of rotatable bonds is 6. The molecule has 1 fully saturated rings. The van der Waals surface area contributed by atoms with Crippen LogP contribution in [0.1, 0.15) is 58.8 Å². The molecule has 2 atom stereocenters. The zero-order valence-corrected chi connectivity index (χ0v) is 14.5. The molecule has 1 aliphatic heterocycles. The fourth-order valence-electron chi connectivity index (χ4n) is 3.25. The zero-order valence-electron chi connectivity index (χ0n) is 13.6. The number of aliphatic hydroxyl groups is 1. The highest BCUT2D eigenvalue weighted by Gasteiger charge is 2.35. The molecule has 1 aliphatic carbocycles. The minimum absolute atomic E-state index is 0.0341. The fourth-order valence-corrected chi connectivity index (χ4v) is 4.72. The predicted octanol–water partition coefficient (Wildman–Crippen LogP) is 4.26. The summed E-state index contributed by atoms with van der Waals surface area (Å²) in [5, 5.41) is 15.0. The topological polar surface area (TPSA) is 58.9 Å². The smallest absolute Gasteiger partial charge is 0.168 e. The largest absolute Gasteiger partial charge is 0.511 e. The average molecular weight is 325 g/mol. The van der Waals surface area contributed by atoms with E-state index in [2.05, 4.69) is 5.16 Å². The van der Waals surface area contributed by atoms with E-state index in [1.54, 1.807) is 0 Å². The van der Waals surface area contributed by atoms with Gasteiger partial charge in [0.15, 0.2) is 5.78 Å². The van der Waals surface area contributed by atoms with Crippen LogP contribution in [0.4, 0.5) is 0 Å². The standard InChI is InChI=1S/C17H27NO3S/c1-3-7-13(18-21-4-2)17-14(19)10-12(11-15(17)20)16-8-5-6-9-22-16/h12,16,19H,3-11H2,1-2H3. The van der Waals surface area contributed by atoms with E-state index in [1.807, 2.05) is 25.6 Å². The van der Waals surface area contributed by atoms with Gasteiger partial charge in [-0.25, -0.2) is 0 Å². The van der Waals surface area contributed by atoms with Gasteiger partial charge in [0.25, 0.3) is 0 Å². The minimum Gasteiger partial charge on any atom is -0.511 e. The number of aliphatic hydroxyl groups excluding tert-OH is 1. The van der Waals surface area contributed by atoms with Crippen LogP contribution in [-0.2, 0) is 9.63 Å². The SMILES string of the molecule is CCCC(=NOCC)C1=C(O)CC(C2CCCCS2)CC1=O. The molecule has 5 heteroatoms. The van der Waals surface area contributed by atoms with E-state index in [0.717, 1.165) is 6.42 Å². The van der Waals surface area contributed by atoms with Gasteiger partial charge in [-0.15, -0.1) is 0 Å². The Hall–Kier alpha value is -0.970. The van der Waals surface area contributed by atoms with Crippen molar-refractivity contribution in [1.82, 2.24) is 0 Å². The molecule has 2 rings (SSSR count). The van der Waals surface area contributed by atoms with Crippen LogP contribution in [0, 0.1) is 5.92 Å². The Labute approximate surface area is 137 Å². The van der Waals surface area contributed by atoms with Gasteiger partial charge in [-0.1, -0.05) is 24.9 Å². The Bertz CT molecular complexity index is 453. The van der Waals surface area contributed by atoms with E-state index in [9.17, 15) is 9.90 Å². The van der Waals surface area contributed by atoms with Crippen molar-refractivity contribution in [3.8, 4) is 0 Å². The number of thioether (sulfide) groups is 1. The first kappa shape index (κ1) is 17.4. The maximum absolute atomic E-state index is 12.6. The van der Waals surface area contributed by atoms with Crippen LogP contribution in [0.5, 0.6) is 0 Å². The second-order valence-corrected chi connectivity index (χ2v) is 7.37. The lowest BCUT2D eigenvalue weighted by Gasteiger charge is -2.32. The van der Waals surface area contributed by atoms with Gasteiger partial charge in [-0.2, -0.15) is 11.8 Å². The molecule has 0 radical (unpaired) electrons. The summed E-state index contributed by atoms with van der Waals surface area (Å²) in [7, 11) is 0. The molecule has 22 heavy (non-hydrogen) atoms. The van der Waals surface area contributed by atoms with Gasteiger partial charge in [0, 0.05) is 18.1 Å². The fraction of sp³-hybridized carbons (Fsp3) is 0.765. The summed E-state index contributed by atoms with van der Waals surface area (Å²) >= 11 is 1.97. The normalized spacial score (nSPS) is 27.2. The average Bonchev–Trinajstić information content (AvgIpc) is 2.52. The first-order chi connectivity index (χ1) is 10.7. The number of oxime groups is 1. The molecular weight excluding hydrogens is 298 g/mol. The first-order valence-electron chi connectivity index (χ1n) is 8.43. The van der Waals surface area contributed by atoms with Gasteiger partial charge >= 0.3 is 0 Å². The van der Waals surface area contributed by atoms with Crippen molar-refractivity contribution >= 4 is 23.3 Å². The zero-order chi connectivity index (χ0) is 15.9. The van der Waals surface area contributed by atoms with E-state index >= 15 is 0 Å². The Kier molecular flexibility index (Phi) is 6.80. The number of carbonyl (C=O) groups excluding carboxylic acids is 1. The van der Waals surface area contributed by atoms with Crippen LogP contribution in [0.3, 0.4) is 0 Å². The lowest BCUT2D eigenvalue weighted by molar-refractivity contribution is -0.116. The van der Waals surface area contributed by atoms with Crippen LogP contribution in [0.2, 0.25) is 0 Å². The highest BCUT2D eigenvalue weighted by Crippen LogP contribution is 2.39. The van der Waals surface area contributed by atoms with E-state index < -0.39 is 0 Å². The molecule has 0 spiro atoms. The Morgan fingerprint density at radius 1 is 1.36 bits per heavy atom. The molecule has 1 N–H and O–H groups in total. The van der Waals surface area contributed by atoms with Crippen LogP contribution in [0.15, 0.2) is 16.5 Å². The second kappa shape index (κ2) is 8.61. The molecule has 0 saturated carbocycles. The van der Waals surface area contributed by atoms with Crippen molar-refractivity contribution in [2.75, 3.05) is 12.4 Å². The van der Waals surface area contributed by atoms with Crippen LogP contribution in [0.25, 0.3) is 0 Å². The molecule has 0 aromatic carbocycles. The maximum Gasteiger partial charge on any atom is 0.168 e. The van der Waals surface area contributed by atoms with Gasteiger partial charge in [0.2, 0.25) is 0 Å². The molecule has 0 aromatic rings. The molecule has 0 aromatic heterocycles. The number of Topliss-reactive ketones (excluding diaryl/α,β-unsaturated/α-hetero) is 1. The van der Waals surface area contributed by atoms with Crippen LogP contribution in [-0.4, -0.2) is 34.2 Å². The van der Waals surface area contributed by atoms with E-state index in [0.29, 0.717) is 42.4 Å². The van der Waals surface area contributed by atoms with Crippen LogP contribution < -0.4 is 0 Å². The quantitative estimate of drug-likeness (QED) is 0.585. The molecule has 1 heterocycles. The van der Waals surface area contributed by atoms with Crippen molar-refractivity contribution < 1.29 is 14.7 Å². The van der Waals surface area contributed by atoms with Crippen molar-refractivity contribution in [2.24, 2.45) is 11.1 Å². The molecule has 0 bridgehead atoms. The molecular formula is C17H27NO3S. The number of hydrogen-bond donors (Lipinski definition) is 1. The summed E-state index contributed by atoms with van der Waals surface area (Å²) in [5.74, 6) is 1.71. The number of carbonyl (C=O) groups is 1. The monoisotopic (exact) mass is 325 g/mol. The number of allylic oxidation sites excluding steroid dienone is 2. The van der Waals surface area contributed by atoms with Gasteiger partial charge in [0.05, 0.1) is 11.3 Å². The summed E-state index contributed by atoms with van der Waals surface area (Å²) in [4.78, 5) is 17.7. The van der Waals surface area contributed by atoms with Gasteiger partial charge < -0.3 is 9.94 Å². The lowest BCUT2D eigenvalue weighted by atomic mass is 9.81. The summed E-state index contributed by atoms with van der Waals surface area (Å²) in [5.41, 5.74) is 1.04. The van der Waals surface area contributed by atoms with E-state index in [1.165, 1.54) is 25.0 Å². The first-order valence-corrected chi connectivity index (χ1v) is 9.48. The van der Waals surface area contributed by atoms with Crippen LogP contribution >= 0.6 is 11.8 Å². The Morgan fingerprint density at radius 2 is 2.18 bits per heavy atom. The van der Waals surface area contributed by atoms with Gasteiger partial charge in [-0.05, 0) is 37.9 Å². The highest BCUT2D eigenvalue weighted by molar-refractivity contribution is 7.99. The third-order valence-electron chi connectivity index (χ3n) is 4.29. The maximum atomic E-state index is 12.6. The number of ketones is 1. The number of nitrogens with zero attached hydrogens (tertiary/aromatic N) is 1. The second-order valence-electron chi connectivity index (χ2n) is 6.02. The van der Waals surface area contributed by atoms with Gasteiger partial charge in [0.1, 0.15) is 12.4 Å². The molecule has 0 amide bonds. The van der Waals surface area contributed by atoms with Crippen molar-refractivity contribution in [3.63, 3.8) is 0 Å². The third kappa shape index (κ3) is 4.28. The summed E-state index contributed by atoms with van der Waals surface area (Å²) in [6, 6.07) is 0. The summed E-state index contributed by atoms with van der Waals surface area (Å²) in [6.07, 6.45) is 6.36. The summed E-state index contributed by atoms with van der Waals surface area (Å²) < 4.78 is 0. The van der Waals surface area contributed by atoms with Gasteiger partial charge in [-0.3, -0.25) is 4.79 Å². The van der Waals surface area contributed by atoms with E-state index in [4.69, 9.17) is 4.84 Å². The minimum atomic E-state index is 0.0341.